The van der Waals surface area contributed by atoms with Crippen LogP contribution < -0.4 is 0 Å². The van der Waals surface area contributed by atoms with Gasteiger partial charge in [-0.3, -0.25) is 0 Å². The summed E-state index contributed by atoms with van der Waals surface area (Å²) in [6, 6.07) is 5.04. The molecule has 0 atom stereocenters. The first kappa shape index (κ1) is 9.52. The molecule has 0 aliphatic rings. The summed E-state index contributed by atoms with van der Waals surface area (Å²) in [6.45, 7) is 0. The van der Waals surface area contributed by atoms with Gasteiger partial charge in [0.05, 0.1) is 5.39 Å². The molecule has 0 bridgehead atoms. The first-order chi connectivity index (χ1) is 6.61. The Bertz CT molecular complexity index is 508. The van der Waals surface area contributed by atoms with Crippen molar-refractivity contribution in [2.45, 2.75) is 0 Å². The molecule has 0 radical (unpaired) electrons. The van der Waals surface area contributed by atoms with Crippen LogP contribution in [0.5, 0.6) is 0 Å². The molecule has 2 aromatic carbocycles. The fourth-order valence-corrected chi connectivity index (χ4v) is 1.85. The number of hydrogen-bond donors (Lipinski definition) is 0. The molecule has 4 heteroatoms. The van der Waals surface area contributed by atoms with E-state index in [0.29, 0.717) is 9.86 Å². The molecule has 0 heterocycles. The molecule has 0 N–H and O–H groups in total. The van der Waals surface area contributed by atoms with Gasteiger partial charge in [-0.05, 0) is 12.1 Å². The first-order valence-corrected chi connectivity index (χ1v) is 4.62. The summed E-state index contributed by atoms with van der Waals surface area (Å²) in [5, 5.41) is 0.00303. The van der Waals surface area contributed by atoms with E-state index in [4.69, 9.17) is 0 Å². The summed E-state index contributed by atoms with van der Waals surface area (Å²) in [5.74, 6) is -2.98. The lowest BCUT2D eigenvalue weighted by Gasteiger charge is -2.03. The summed E-state index contributed by atoms with van der Waals surface area (Å²) in [7, 11) is 0. The summed E-state index contributed by atoms with van der Waals surface area (Å²) in [6.07, 6.45) is 0. The van der Waals surface area contributed by atoms with Crippen LogP contribution in [0.25, 0.3) is 10.8 Å². The Labute approximate surface area is 86.5 Å². The molecular weight excluding hydrogens is 257 g/mol. The van der Waals surface area contributed by atoms with Crippen molar-refractivity contribution in [2.75, 3.05) is 0 Å². The number of rotatable bonds is 0. The zero-order chi connectivity index (χ0) is 10.3. The fraction of sp³-hybridized carbons (Fsp3) is 0. The van der Waals surface area contributed by atoms with Crippen molar-refractivity contribution in [3.05, 3.63) is 46.2 Å². The molecule has 0 unspecified atom stereocenters. The van der Waals surface area contributed by atoms with Crippen LogP contribution in [0.1, 0.15) is 0 Å². The SMILES string of the molecule is Fc1cc(Br)c2cccc(F)c2c1F. The van der Waals surface area contributed by atoms with Crippen molar-refractivity contribution in [3.63, 3.8) is 0 Å². The first-order valence-electron chi connectivity index (χ1n) is 3.83. The maximum atomic E-state index is 13.2. The molecule has 2 aromatic rings. The van der Waals surface area contributed by atoms with Crippen LogP contribution in [0.15, 0.2) is 28.7 Å². The van der Waals surface area contributed by atoms with E-state index in [1.165, 1.54) is 12.1 Å². The van der Waals surface area contributed by atoms with Crippen LogP contribution in [0.3, 0.4) is 0 Å². The molecule has 72 valence electrons. The van der Waals surface area contributed by atoms with Gasteiger partial charge in [-0.15, -0.1) is 0 Å². The minimum Gasteiger partial charge on any atom is -0.206 e. The second-order valence-corrected chi connectivity index (χ2v) is 3.67. The van der Waals surface area contributed by atoms with Crippen molar-refractivity contribution in [2.24, 2.45) is 0 Å². The summed E-state index contributed by atoms with van der Waals surface area (Å²) >= 11 is 3.04. The van der Waals surface area contributed by atoms with Crippen molar-refractivity contribution in [1.82, 2.24) is 0 Å². The largest absolute Gasteiger partial charge is 0.206 e. The van der Waals surface area contributed by atoms with E-state index in [0.717, 1.165) is 12.1 Å². The van der Waals surface area contributed by atoms with Gasteiger partial charge in [-0.2, -0.15) is 0 Å². The summed E-state index contributed by atoms with van der Waals surface area (Å²) in [4.78, 5) is 0. The molecule has 0 aromatic heterocycles. The molecule has 0 aliphatic carbocycles. The third-order valence-corrected chi connectivity index (χ3v) is 2.61. The topological polar surface area (TPSA) is 0 Å². The number of fused-ring (bicyclic) bond motifs is 1. The maximum Gasteiger partial charge on any atom is 0.169 e. The lowest BCUT2D eigenvalue weighted by Crippen LogP contribution is -1.90. The van der Waals surface area contributed by atoms with Gasteiger partial charge in [-0.1, -0.05) is 28.1 Å². The lowest BCUT2D eigenvalue weighted by atomic mass is 10.1. The molecule has 0 amide bonds. The predicted molar refractivity (Wildman–Crippen MR) is 51.5 cm³/mol. The maximum absolute atomic E-state index is 13.2. The monoisotopic (exact) mass is 260 g/mol. The van der Waals surface area contributed by atoms with Gasteiger partial charge >= 0.3 is 0 Å². The van der Waals surface area contributed by atoms with Crippen LogP contribution in [-0.4, -0.2) is 0 Å². The van der Waals surface area contributed by atoms with Crippen LogP contribution in [0.4, 0.5) is 13.2 Å². The Morgan fingerprint density at radius 1 is 1.00 bits per heavy atom. The van der Waals surface area contributed by atoms with Crippen LogP contribution in [0.2, 0.25) is 0 Å². The van der Waals surface area contributed by atoms with Crippen molar-refractivity contribution in [3.8, 4) is 0 Å². The van der Waals surface area contributed by atoms with Gasteiger partial charge in [0, 0.05) is 9.86 Å². The molecule has 0 fully saturated rings. The molecule has 0 saturated carbocycles. The van der Waals surface area contributed by atoms with Gasteiger partial charge in [-0.25, -0.2) is 13.2 Å². The minimum absolute atomic E-state index is 0.320. The van der Waals surface area contributed by atoms with Crippen molar-refractivity contribution in [1.29, 1.82) is 0 Å². The summed E-state index contributed by atoms with van der Waals surface area (Å²) in [5.41, 5.74) is 0. The van der Waals surface area contributed by atoms with Gasteiger partial charge in [0.15, 0.2) is 11.6 Å². The van der Waals surface area contributed by atoms with Crippen LogP contribution >= 0.6 is 15.9 Å². The number of hydrogen-bond acceptors (Lipinski definition) is 0. The number of benzene rings is 2. The van der Waals surface area contributed by atoms with Crippen molar-refractivity contribution < 1.29 is 13.2 Å². The third-order valence-electron chi connectivity index (χ3n) is 1.95. The zero-order valence-corrected chi connectivity index (χ0v) is 8.41. The minimum atomic E-state index is -1.15. The molecule has 0 aliphatic heterocycles. The predicted octanol–water partition coefficient (Wildman–Crippen LogP) is 4.02. The molecule has 2 rings (SSSR count). The number of halogens is 4. The zero-order valence-electron chi connectivity index (χ0n) is 6.82. The lowest BCUT2D eigenvalue weighted by molar-refractivity contribution is 0.511. The Morgan fingerprint density at radius 2 is 1.71 bits per heavy atom. The second kappa shape index (κ2) is 3.28. The van der Waals surface area contributed by atoms with Gasteiger partial charge in [0.25, 0.3) is 0 Å². The molecule has 0 saturated heterocycles. The highest BCUT2D eigenvalue weighted by Gasteiger charge is 2.13. The average molecular weight is 261 g/mol. The Hall–Kier alpha value is -1.03. The van der Waals surface area contributed by atoms with Gasteiger partial charge < -0.3 is 0 Å². The summed E-state index contributed by atoms with van der Waals surface area (Å²) < 4.78 is 39.6. The third kappa shape index (κ3) is 1.30. The fourth-order valence-electron chi connectivity index (χ4n) is 1.32. The van der Waals surface area contributed by atoms with Crippen LogP contribution in [-0.2, 0) is 0 Å². The van der Waals surface area contributed by atoms with E-state index in [2.05, 4.69) is 15.9 Å². The highest BCUT2D eigenvalue weighted by molar-refractivity contribution is 9.10. The Balaban J connectivity index is 3.03. The standard InChI is InChI=1S/C10H4BrF3/c11-6-4-8(13)10(14)9-5(6)2-1-3-7(9)12/h1-4H. The van der Waals surface area contributed by atoms with Crippen LogP contribution in [0, 0.1) is 17.5 Å². The van der Waals surface area contributed by atoms with E-state index >= 15 is 0 Å². The van der Waals surface area contributed by atoms with Gasteiger partial charge in [0.1, 0.15) is 5.82 Å². The quantitative estimate of drug-likeness (QED) is 0.628. The molecule has 0 spiro atoms. The second-order valence-electron chi connectivity index (χ2n) is 2.82. The average Bonchev–Trinajstić information content (AvgIpc) is 2.14. The molecule has 14 heavy (non-hydrogen) atoms. The Morgan fingerprint density at radius 3 is 2.43 bits per heavy atom. The highest BCUT2D eigenvalue weighted by Crippen LogP contribution is 2.29. The molecule has 0 nitrogen and oxygen atoms in total. The van der Waals surface area contributed by atoms with Gasteiger partial charge in [0.2, 0.25) is 0 Å². The van der Waals surface area contributed by atoms with E-state index in [9.17, 15) is 13.2 Å². The van der Waals surface area contributed by atoms with E-state index in [1.54, 1.807) is 0 Å². The van der Waals surface area contributed by atoms with E-state index in [-0.39, 0.29) is 5.39 Å². The van der Waals surface area contributed by atoms with Crippen molar-refractivity contribution >= 4 is 26.7 Å². The smallest absolute Gasteiger partial charge is 0.169 e. The normalized spacial score (nSPS) is 10.9. The van der Waals surface area contributed by atoms with E-state index in [1.807, 2.05) is 0 Å². The highest BCUT2D eigenvalue weighted by atomic mass is 79.9. The Kier molecular flexibility index (Phi) is 2.23. The molecular formula is C10H4BrF3. The van der Waals surface area contributed by atoms with E-state index < -0.39 is 17.5 Å².